The SMILES string of the molecule is CCCS(=O)(=O)NC(Cc1ccc(OCCCCC2CCNCC2)cc1)C(=O)O.Cl. The van der Waals surface area contributed by atoms with E-state index in [1.165, 1.54) is 25.7 Å². The van der Waals surface area contributed by atoms with E-state index in [0.717, 1.165) is 36.7 Å². The van der Waals surface area contributed by atoms with Crippen molar-refractivity contribution >= 4 is 28.4 Å². The molecule has 1 unspecified atom stereocenters. The summed E-state index contributed by atoms with van der Waals surface area (Å²) in [6.07, 6.45) is 6.52. The molecule has 0 aromatic heterocycles. The zero-order valence-electron chi connectivity index (χ0n) is 17.6. The maximum atomic E-state index is 11.9. The second-order valence-electron chi connectivity index (χ2n) is 7.71. The van der Waals surface area contributed by atoms with Gasteiger partial charge < -0.3 is 15.2 Å². The second kappa shape index (κ2) is 13.9. The molecule has 1 fully saturated rings. The van der Waals surface area contributed by atoms with Crippen LogP contribution in [0.15, 0.2) is 24.3 Å². The van der Waals surface area contributed by atoms with Crippen LogP contribution in [0.1, 0.15) is 51.0 Å². The number of carbonyl (C=O) groups is 1. The van der Waals surface area contributed by atoms with Crippen molar-refractivity contribution in [3.05, 3.63) is 29.8 Å². The summed E-state index contributed by atoms with van der Waals surface area (Å²) in [7, 11) is -3.59. The number of carboxylic acid groups (broad SMARTS) is 1. The van der Waals surface area contributed by atoms with Crippen LogP contribution >= 0.6 is 12.4 Å². The van der Waals surface area contributed by atoms with Crippen LogP contribution in [0, 0.1) is 5.92 Å². The van der Waals surface area contributed by atoms with Gasteiger partial charge >= 0.3 is 5.97 Å². The number of benzene rings is 1. The molecule has 1 aliphatic heterocycles. The summed E-state index contributed by atoms with van der Waals surface area (Å²) in [5.41, 5.74) is 0.745. The van der Waals surface area contributed by atoms with E-state index in [4.69, 9.17) is 4.74 Å². The monoisotopic (exact) mass is 462 g/mol. The van der Waals surface area contributed by atoms with Gasteiger partial charge in [0.2, 0.25) is 10.0 Å². The van der Waals surface area contributed by atoms with Gasteiger partial charge in [0.05, 0.1) is 12.4 Å². The van der Waals surface area contributed by atoms with Gasteiger partial charge in [-0.1, -0.05) is 25.5 Å². The topological polar surface area (TPSA) is 105 Å². The van der Waals surface area contributed by atoms with Crippen LogP contribution in [-0.2, 0) is 21.2 Å². The zero-order valence-corrected chi connectivity index (χ0v) is 19.3. The van der Waals surface area contributed by atoms with Crippen molar-refractivity contribution in [3.8, 4) is 5.75 Å². The lowest BCUT2D eigenvalue weighted by molar-refractivity contribution is -0.138. The zero-order chi connectivity index (χ0) is 21.1. The highest BCUT2D eigenvalue weighted by molar-refractivity contribution is 7.89. The van der Waals surface area contributed by atoms with Crippen molar-refractivity contribution in [1.29, 1.82) is 0 Å². The highest BCUT2D eigenvalue weighted by Gasteiger charge is 2.23. The molecule has 1 aliphatic rings. The molecule has 172 valence electrons. The van der Waals surface area contributed by atoms with Gasteiger partial charge in [-0.3, -0.25) is 4.79 Å². The lowest BCUT2D eigenvalue weighted by atomic mass is 9.93. The largest absolute Gasteiger partial charge is 0.494 e. The van der Waals surface area contributed by atoms with E-state index in [1.807, 2.05) is 12.1 Å². The normalized spacial score (nSPS) is 15.9. The number of hydrogen-bond donors (Lipinski definition) is 3. The number of aliphatic carboxylic acids is 1. The Hall–Kier alpha value is -1.35. The average Bonchev–Trinajstić information content (AvgIpc) is 2.69. The van der Waals surface area contributed by atoms with Gasteiger partial charge in [-0.25, -0.2) is 13.1 Å². The van der Waals surface area contributed by atoms with E-state index in [-0.39, 0.29) is 24.6 Å². The molecule has 3 N–H and O–H groups in total. The third-order valence-electron chi connectivity index (χ3n) is 5.19. The van der Waals surface area contributed by atoms with Gasteiger partial charge in [0.1, 0.15) is 11.8 Å². The molecule has 0 radical (unpaired) electrons. The Morgan fingerprint density at radius 3 is 2.50 bits per heavy atom. The Bertz CT molecular complexity index is 721. The molecular formula is C21H35ClN2O5S. The van der Waals surface area contributed by atoms with E-state index in [2.05, 4.69) is 10.0 Å². The number of unbranched alkanes of at least 4 members (excludes halogenated alkanes) is 1. The molecule has 0 bridgehead atoms. The van der Waals surface area contributed by atoms with Crippen molar-refractivity contribution in [1.82, 2.24) is 10.0 Å². The van der Waals surface area contributed by atoms with Crippen LogP contribution in [0.5, 0.6) is 5.75 Å². The summed E-state index contributed by atoms with van der Waals surface area (Å²) < 4.78 is 31.8. The molecule has 2 rings (SSSR count). The highest BCUT2D eigenvalue weighted by Crippen LogP contribution is 2.19. The van der Waals surface area contributed by atoms with Crippen LogP contribution < -0.4 is 14.8 Å². The molecule has 1 saturated heterocycles. The average molecular weight is 463 g/mol. The quantitative estimate of drug-likeness (QED) is 0.389. The molecular weight excluding hydrogens is 428 g/mol. The Morgan fingerprint density at radius 2 is 1.90 bits per heavy atom. The number of rotatable bonds is 13. The third kappa shape index (κ3) is 10.1. The van der Waals surface area contributed by atoms with E-state index in [1.54, 1.807) is 19.1 Å². The molecule has 0 amide bonds. The number of sulfonamides is 1. The number of carboxylic acids is 1. The lowest BCUT2D eigenvalue weighted by Crippen LogP contribution is -2.43. The minimum Gasteiger partial charge on any atom is -0.494 e. The maximum Gasteiger partial charge on any atom is 0.322 e. The van der Waals surface area contributed by atoms with Crippen LogP contribution in [0.3, 0.4) is 0 Å². The number of hydrogen-bond acceptors (Lipinski definition) is 5. The summed E-state index contributed by atoms with van der Waals surface area (Å²) in [6, 6.07) is 6.01. The second-order valence-corrected chi connectivity index (χ2v) is 9.59. The summed E-state index contributed by atoms with van der Waals surface area (Å²) >= 11 is 0. The lowest BCUT2D eigenvalue weighted by Gasteiger charge is -2.22. The smallest absolute Gasteiger partial charge is 0.322 e. The Labute approximate surface area is 186 Å². The molecule has 1 atom stereocenters. The van der Waals surface area contributed by atoms with E-state index >= 15 is 0 Å². The fourth-order valence-corrected chi connectivity index (χ4v) is 4.85. The van der Waals surface area contributed by atoms with Crippen LogP contribution in [0.25, 0.3) is 0 Å². The number of piperidine rings is 1. The van der Waals surface area contributed by atoms with Crippen LogP contribution in [0.4, 0.5) is 0 Å². The van der Waals surface area contributed by atoms with Crippen molar-refractivity contribution in [3.63, 3.8) is 0 Å². The van der Waals surface area contributed by atoms with Crippen molar-refractivity contribution in [2.75, 3.05) is 25.4 Å². The van der Waals surface area contributed by atoms with E-state index < -0.39 is 22.0 Å². The van der Waals surface area contributed by atoms with Crippen molar-refractivity contribution in [2.45, 2.75) is 57.9 Å². The molecule has 0 aliphatic carbocycles. The molecule has 30 heavy (non-hydrogen) atoms. The Morgan fingerprint density at radius 1 is 1.23 bits per heavy atom. The summed E-state index contributed by atoms with van der Waals surface area (Å²) in [4.78, 5) is 11.4. The van der Waals surface area contributed by atoms with Gasteiger partial charge in [-0.2, -0.15) is 0 Å². The molecule has 1 aromatic carbocycles. The summed E-state index contributed by atoms with van der Waals surface area (Å²) in [6.45, 7) is 4.67. The predicted molar refractivity (Wildman–Crippen MR) is 121 cm³/mol. The van der Waals surface area contributed by atoms with Gasteiger partial charge in [0, 0.05) is 0 Å². The minimum atomic E-state index is -3.59. The molecule has 7 nitrogen and oxygen atoms in total. The maximum absolute atomic E-state index is 11.9. The highest BCUT2D eigenvalue weighted by atomic mass is 35.5. The molecule has 0 spiro atoms. The van der Waals surface area contributed by atoms with Gasteiger partial charge in [-0.15, -0.1) is 12.4 Å². The summed E-state index contributed by atoms with van der Waals surface area (Å²) in [5, 5.41) is 12.7. The standard InChI is InChI=1S/C21H34N2O5S.ClH/c1-2-15-29(26,27)23-20(21(24)25)16-18-6-8-19(9-7-18)28-14-4-3-5-17-10-12-22-13-11-17;/h6-9,17,20,22-23H,2-5,10-16H2,1H3,(H,24,25);1H. The van der Waals surface area contributed by atoms with E-state index in [9.17, 15) is 18.3 Å². The molecule has 9 heteroatoms. The van der Waals surface area contributed by atoms with Gasteiger partial charge in [0.15, 0.2) is 0 Å². The first kappa shape index (κ1) is 26.7. The summed E-state index contributed by atoms with van der Waals surface area (Å²) in [5.74, 6) is 0.321. The Kier molecular flexibility index (Phi) is 12.3. The van der Waals surface area contributed by atoms with Crippen LogP contribution in [0.2, 0.25) is 0 Å². The van der Waals surface area contributed by atoms with E-state index in [0.29, 0.717) is 13.0 Å². The third-order valence-corrected chi connectivity index (χ3v) is 6.78. The Balaban J connectivity index is 0.00000450. The fourth-order valence-electron chi connectivity index (χ4n) is 3.58. The molecule has 0 saturated carbocycles. The predicted octanol–water partition coefficient (Wildman–Crippen LogP) is 2.98. The van der Waals surface area contributed by atoms with Crippen molar-refractivity contribution < 1.29 is 23.1 Å². The first-order valence-electron chi connectivity index (χ1n) is 10.5. The van der Waals surface area contributed by atoms with Crippen LogP contribution in [-0.4, -0.2) is 51.0 Å². The fraction of sp³-hybridized carbons (Fsp3) is 0.667. The first-order valence-corrected chi connectivity index (χ1v) is 12.2. The first-order chi connectivity index (χ1) is 13.9. The van der Waals surface area contributed by atoms with Gasteiger partial charge in [-0.05, 0) is 75.2 Å². The van der Waals surface area contributed by atoms with Gasteiger partial charge in [0.25, 0.3) is 0 Å². The number of ether oxygens (including phenoxy) is 1. The number of halogens is 1. The molecule has 1 heterocycles. The minimum absolute atomic E-state index is 0. The number of nitrogens with one attached hydrogen (secondary N) is 2. The molecule has 1 aromatic rings. The van der Waals surface area contributed by atoms with Crippen molar-refractivity contribution in [2.24, 2.45) is 5.92 Å².